The molecule has 8 nitrogen and oxygen atoms in total. The number of azide groups is 1. The summed E-state index contributed by atoms with van der Waals surface area (Å²) in [5.74, 6) is -1.73. The third-order valence-electron chi connectivity index (χ3n) is 3.16. The maximum atomic E-state index is 11.9. The van der Waals surface area contributed by atoms with Gasteiger partial charge in [-0.25, -0.2) is 0 Å². The first-order valence-electron chi connectivity index (χ1n) is 5.80. The molecule has 3 atom stereocenters. The molecule has 1 aliphatic heterocycles. The van der Waals surface area contributed by atoms with Crippen molar-refractivity contribution in [3.8, 4) is 5.75 Å². The number of rotatable bonds is 4. The Kier molecular flexibility index (Phi) is 3.76. The molecule has 0 saturated carbocycles. The molecule has 0 aliphatic carbocycles. The van der Waals surface area contributed by atoms with Gasteiger partial charge in [0.15, 0.2) is 0 Å². The highest BCUT2D eigenvalue weighted by Gasteiger charge is 2.47. The van der Waals surface area contributed by atoms with Crippen molar-refractivity contribution in [1.29, 1.82) is 0 Å². The van der Waals surface area contributed by atoms with Crippen molar-refractivity contribution in [3.63, 3.8) is 0 Å². The zero-order valence-electron chi connectivity index (χ0n) is 10.6. The molecule has 0 spiro atoms. The van der Waals surface area contributed by atoms with E-state index in [4.69, 9.17) is 10.3 Å². The highest BCUT2D eigenvalue weighted by molar-refractivity contribution is 5.93. The van der Waals surface area contributed by atoms with Crippen LogP contribution in [0.25, 0.3) is 10.4 Å². The first-order valence-corrected chi connectivity index (χ1v) is 5.80. The van der Waals surface area contributed by atoms with Crippen LogP contribution in [0.1, 0.15) is 11.5 Å². The van der Waals surface area contributed by atoms with Gasteiger partial charge in [0, 0.05) is 4.91 Å². The Hall–Kier alpha value is -2.73. The first-order chi connectivity index (χ1) is 9.58. The Morgan fingerprint density at radius 3 is 2.65 bits per heavy atom. The summed E-state index contributed by atoms with van der Waals surface area (Å²) in [7, 11) is 1.23. The molecule has 2 rings (SSSR count). The zero-order valence-corrected chi connectivity index (χ0v) is 10.6. The molecule has 0 radical (unpaired) electrons. The van der Waals surface area contributed by atoms with Gasteiger partial charge in [-0.3, -0.25) is 9.59 Å². The highest BCUT2D eigenvalue weighted by atomic mass is 16.5. The van der Waals surface area contributed by atoms with E-state index < -0.39 is 29.9 Å². The number of amides is 1. The highest BCUT2D eigenvalue weighted by Crippen LogP contribution is 2.30. The van der Waals surface area contributed by atoms with Crippen LogP contribution in [0.3, 0.4) is 0 Å². The number of carbonyl (C=O) groups excluding carboxylic acids is 2. The third-order valence-corrected chi connectivity index (χ3v) is 3.16. The molecule has 8 heteroatoms. The van der Waals surface area contributed by atoms with Gasteiger partial charge in [0.1, 0.15) is 17.7 Å². The summed E-state index contributed by atoms with van der Waals surface area (Å²) < 4.78 is 4.73. The fourth-order valence-electron chi connectivity index (χ4n) is 2.14. The molecule has 0 bridgehead atoms. The Labute approximate surface area is 114 Å². The van der Waals surface area contributed by atoms with Gasteiger partial charge in [-0.2, -0.15) is 0 Å². The van der Waals surface area contributed by atoms with E-state index in [1.54, 1.807) is 12.1 Å². The number of phenols is 1. The smallest absolute Gasteiger partial charge is 0.315 e. The predicted molar refractivity (Wildman–Crippen MR) is 67.7 cm³/mol. The minimum absolute atomic E-state index is 0.0570. The van der Waals surface area contributed by atoms with Crippen molar-refractivity contribution in [2.24, 2.45) is 5.11 Å². The molecular formula is C12H12N4O4. The van der Waals surface area contributed by atoms with Gasteiger partial charge in [0.25, 0.3) is 0 Å². The van der Waals surface area contributed by atoms with E-state index in [-0.39, 0.29) is 5.75 Å². The monoisotopic (exact) mass is 276 g/mol. The molecule has 1 heterocycles. The third kappa shape index (κ3) is 2.36. The number of methoxy groups -OCH3 is 1. The van der Waals surface area contributed by atoms with Crippen molar-refractivity contribution >= 4 is 11.9 Å². The van der Waals surface area contributed by atoms with E-state index in [9.17, 15) is 14.7 Å². The average molecular weight is 276 g/mol. The SMILES string of the molecule is COC(=O)C(c1ccc(O)cc1)C1NC(=O)C1N=[N+]=[N-]. The molecule has 2 N–H and O–H groups in total. The lowest BCUT2D eigenvalue weighted by Crippen LogP contribution is -2.64. The number of nitrogens with zero attached hydrogens (tertiary/aromatic N) is 3. The molecule has 1 fully saturated rings. The minimum Gasteiger partial charge on any atom is -0.508 e. The normalized spacial score (nSPS) is 21.9. The molecule has 1 aromatic rings. The van der Waals surface area contributed by atoms with Crippen molar-refractivity contribution in [2.45, 2.75) is 18.0 Å². The molecular weight excluding hydrogens is 264 g/mol. The summed E-state index contributed by atoms with van der Waals surface area (Å²) in [6, 6.07) is 4.35. The Morgan fingerprint density at radius 1 is 1.50 bits per heavy atom. The van der Waals surface area contributed by atoms with E-state index >= 15 is 0 Å². The van der Waals surface area contributed by atoms with Gasteiger partial charge in [-0.05, 0) is 23.2 Å². The Morgan fingerprint density at radius 2 is 2.15 bits per heavy atom. The lowest BCUT2D eigenvalue weighted by atomic mass is 9.82. The fourth-order valence-corrected chi connectivity index (χ4v) is 2.14. The standard InChI is InChI=1S/C12H12N4O4/c1-20-12(19)8(6-2-4-7(17)5-3-6)9-10(15-16-13)11(18)14-9/h2-5,8-10,17H,1H3,(H,14,18). The Balaban J connectivity index is 2.34. The second kappa shape index (κ2) is 5.50. The van der Waals surface area contributed by atoms with Gasteiger partial charge in [0.2, 0.25) is 5.91 Å². The summed E-state index contributed by atoms with van der Waals surface area (Å²) >= 11 is 0. The molecule has 1 amide bonds. The molecule has 3 unspecified atom stereocenters. The van der Waals surface area contributed by atoms with Crippen molar-refractivity contribution < 1.29 is 19.4 Å². The summed E-state index contributed by atoms with van der Waals surface area (Å²) in [6.07, 6.45) is 0. The zero-order chi connectivity index (χ0) is 14.7. The quantitative estimate of drug-likeness (QED) is 0.278. The first kappa shape index (κ1) is 13.7. The van der Waals surface area contributed by atoms with Gasteiger partial charge in [-0.1, -0.05) is 17.2 Å². The van der Waals surface area contributed by atoms with Crippen LogP contribution in [0.5, 0.6) is 5.75 Å². The number of carbonyl (C=O) groups is 2. The van der Waals surface area contributed by atoms with Crippen LogP contribution in [-0.2, 0) is 14.3 Å². The van der Waals surface area contributed by atoms with Crippen LogP contribution in [0.2, 0.25) is 0 Å². The number of nitrogens with one attached hydrogen (secondary N) is 1. The molecule has 20 heavy (non-hydrogen) atoms. The molecule has 104 valence electrons. The van der Waals surface area contributed by atoms with Crippen LogP contribution in [0.4, 0.5) is 0 Å². The second-order valence-corrected chi connectivity index (χ2v) is 4.28. The number of aromatic hydroxyl groups is 1. The Bertz CT molecular complexity index is 578. The number of ether oxygens (including phenoxy) is 1. The largest absolute Gasteiger partial charge is 0.508 e. The van der Waals surface area contributed by atoms with Gasteiger partial charge < -0.3 is 15.2 Å². The summed E-state index contributed by atoms with van der Waals surface area (Å²) in [5, 5.41) is 15.2. The van der Waals surface area contributed by atoms with Gasteiger partial charge in [0.05, 0.1) is 13.2 Å². The van der Waals surface area contributed by atoms with E-state index in [1.807, 2.05) is 0 Å². The summed E-state index contributed by atoms with van der Waals surface area (Å²) in [5.41, 5.74) is 9.00. The fraction of sp³-hybridized carbons (Fsp3) is 0.333. The van der Waals surface area contributed by atoms with Crippen LogP contribution < -0.4 is 5.32 Å². The van der Waals surface area contributed by atoms with Crippen molar-refractivity contribution in [3.05, 3.63) is 40.3 Å². The van der Waals surface area contributed by atoms with Crippen LogP contribution in [0, 0.1) is 0 Å². The van der Waals surface area contributed by atoms with E-state index in [1.165, 1.54) is 19.2 Å². The lowest BCUT2D eigenvalue weighted by Gasteiger charge is -2.38. The van der Waals surface area contributed by atoms with Crippen LogP contribution in [-0.4, -0.2) is 36.2 Å². The number of β-lactam (4-membered cyclic amide) rings is 1. The number of hydrogen-bond acceptors (Lipinski definition) is 5. The van der Waals surface area contributed by atoms with Crippen molar-refractivity contribution in [2.75, 3.05) is 7.11 Å². The lowest BCUT2D eigenvalue weighted by molar-refractivity contribution is -0.145. The summed E-state index contributed by atoms with van der Waals surface area (Å²) in [4.78, 5) is 25.9. The molecule has 0 aromatic heterocycles. The van der Waals surface area contributed by atoms with E-state index in [0.717, 1.165) is 0 Å². The average Bonchev–Trinajstić information content (AvgIpc) is 2.45. The van der Waals surface area contributed by atoms with Crippen molar-refractivity contribution in [1.82, 2.24) is 5.32 Å². The van der Waals surface area contributed by atoms with Crippen LogP contribution >= 0.6 is 0 Å². The van der Waals surface area contributed by atoms with Crippen LogP contribution in [0.15, 0.2) is 29.4 Å². The summed E-state index contributed by atoms with van der Waals surface area (Å²) in [6.45, 7) is 0. The number of benzene rings is 1. The molecule has 1 aromatic carbocycles. The van der Waals surface area contributed by atoms with E-state index in [0.29, 0.717) is 5.56 Å². The van der Waals surface area contributed by atoms with Gasteiger partial charge >= 0.3 is 5.97 Å². The second-order valence-electron chi connectivity index (χ2n) is 4.28. The topological polar surface area (TPSA) is 124 Å². The van der Waals surface area contributed by atoms with Gasteiger partial charge in [-0.15, -0.1) is 0 Å². The predicted octanol–water partition coefficient (Wildman–Crippen LogP) is 0.826. The molecule has 1 aliphatic rings. The number of esters is 1. The number of phenolic OH excluding ortho intramolecular Hbond substituents is 1. The molecule has 1 saturated heterocycles. The maximum absolute atomic E-state index is 11.9. The number of hydrogen-bond donors (Lipinski definition) is 2. The minimum atomic E-state index is -0.946. The van der Waals surface area contributed by atoms with E-state index in [2.05, 4.69) is 15.3 Å². The maximum Gasteiger partial charge on any atom is 0.315 e.